The van der Waals surface area contributed by atoms with Crippen molar-refractivity contribution in [2.75, 3.05) is 18.9 Å². The van der Waals surface area contributed by atoms with Gasteiger partial charge < -0.3 is 9.47 Å². The summed E-state index contributed by atoms with van der Waals surface area (Å²) in [5.41, 5.74) is 0.843. The molecule has 2 aromatic rings. The molecule has 5 nitrogen and oxygen atoms in total. The van der Waals surface area contributed by atoms with Gasteiger partial charge in [0.15, 0.2) is 16.7 Å². The predicted molar refractivity (Wildman–Crippen MR) is 98.7 cm³/mol. The third-order valence-corrected chi connectivity index (χ3v) is 5.08. The van der Waals surface area contributed by atoms with E-state index in [1.165, 1.54) is 0 Å². The molecule has 2 heterocycles. The first-order valence-electron chi connectivity index (χ1n) is 8.28. The third kappa shape index (κ3) is 3.49. The molecule has 128 valence electrons. The fourth-order valence-corrected chi connectivity index (χ4v) is 3.75. The SMILES string of the molecule is O=C([C@@H]1COc2ccccc2O1)N1CCCSC1=Nc1ccccc1. The van der Waals surface area contributed by atoms with Crippen LogP contribution in [-0.4, -0.2) is 41.0 Å². The lowest BCUT2D eigenvalue weighted by molar-refractivity contribution is -0.137. The highest BCUT2D eigenvalue weighted by molar-refractivity contribution is 8.13. The molecule has 4 rings (SSSR count). The Labute approximate surface area is 150 Å². The summed E-state index contributed by atoms with van der Waals surface area (Å²) < 4.78 is 11.5. The Bertz CT molecular complexity index is 794. The first-order valence-corrected chi connectivity index (χ1v) is 9.26. The summed E-state index contributed by atoms with van der Waals surface area (Å²) >= 11 is 1.60. The van der Waals surface area contributed by atoms with Crippen LogP contribution in [0.1, 0.15) is 6.42 Å². The number of amides is 1. The van der Waals surface area contributed by atoms with Gasteiger partial charge in [0.2, 0.25) is 6.10 Å². The van der Waals surface area contributed by atoms with Crippen LogP contribution in [0.15, 0.2) is 59.6 Å². The number of hydrogen-bond acceptors (Lipinski definition) is 5. The second-order valence-electron chi connectivity index (χ2n) is 5.79. The molecule has 0 unspecified atom stereocenters. The van der Waals surface area contributed by atoms with E-state index in [0.717, 1.165) is 23.0 Å². The number of para-hydroxylation sites is 3. The van der Waals surface area contributed by atoms with Crippen molar-refractivity contribution in [3.05, 3.63) is 54.6 Å². The molecule has 2 aliphatic heterocycles. The van der Waals surface area contributed by atoms with Crippen molar-refractivity contribution >= 4 is 28.5 Å². The lowest BCUT2D eigenvalue weighted by atomic mass is 10.2. The molecule has 6 heteroatoms. The molecule has 0 radical (unpaired) electrons. The molecule has 0 aromatic heterocycles. The van der Waals surface area contributed by atoms with E-state index < -0.39 is 6.10 Å². The molecular weight excluding hydrogens is 336 g/mol. The number of rotatable bonds is 2. The number of benzene rings is 2. The van der Waals surface area contributed by atoms with Gasteiger partial charge in [-0.05, 0) is 30.7 Å². The van der Waals surface area contributed by atoms with Crippen LogP contribution in [0.2, 0.25) is 0 Å². The maximum atomic E-state index is 13.0. The second-order valence-corrected chi connectivity index (χ2v) is 6.85. The van der Waals surface area contributed by atoms with Crippen LogP contribution in [0, 0.1) is 0 Å². The minimum Gasteiger partial charge on any atom is -0.485 e. The number of thioether (sulfide) groups is 1. The maximum Gasteiger partial charge on any atom is 0.273 e. The molecule has 25 heavy (non-hydrogen) atoms. The summed E-state index contributed by atoms with van der Waals surface area (Å²) in [4.78, 5) is 19.4. The third-order valence-electron chi connectivity index (χ3n) is 4.02. The van der Waals surface area contributed by atoms with Gasteiger partial charge in [0.05, 0.1) is 5.69 Å². The molecule has 0 spiro atoms. The number of hydrogen-bond donors (Lipinski definition) is 0. The number of fused-ring (bicyclic) bond motifs is 1. The van der Waals surface area contributed by atoms with Crippen molar-refractivity contribution in [1.29, 1.82) is 0 Å². The Morgan fingerprint density at radius 2 is 1.84 bits per heavy atom. The summed E-state index contributed by atoms with van der Waals surface area (Å²) in [5.74, 6) is 2.15. The normalized spacial score (nSPS) is 21.2. The summed E-state index contributed by atoms with van der Waals surface area (Å²) in [5, 5.41) is 0.727. The van der Waals surface area contributed by atoms with Crippen LogP contribution in [0.5, 0.6) is 11.5 Å². The highest BCUT2D eigenvalue weighted by Crippen LogP contribution is 2.32. The highest BCUT2D eigenvalue weighted by Gasteiger charge is 2.34. The predicted octanol–water partition coefficient (Wildman–Crippen LogP) is 3.48. The van der Waals surface area contributed by atoms with E-state index in [-0.39, 0.29) is 12.5 Å². The van der Waals surface area contributed by atoms with E-state index in [9.17, 15) is 4.79 Å². The van der Waals surface area contributed by atoms with Gasteiger partial charge in [-0.15, -0.1) is 0 Å². The van der Waals surface area contributed by atoms with Crippen LogP contribution in [-0.2, 0) is 4.79 Å². The second kappa shape index (κ2) is 7.19. The monoisotopic (exact) mass is 354 g/mol. The first-order chi connectivity index (χ1) is 12.3. The Hall–Kier alpha value is -2.47. The largest absolute Gasteiger partial charge is 0.485 e. The Morgan fingerprint density at radius 1 is 1.08 bits per heavy atom. The van der Waals surface area contributed by atoms with Crippen LogP contribution >= 0.6 is 11.8 Å². The summed E-state index contributed by atoms with van der Waals surface area (Å²) in [6, 6.07) is 17.1. The topological polar surface area (TPSA) is 51.1 Å². The molecule has 1 atom stereocenters. The minimum absolute atomic E-state index is 0.101. The van der Waals surface area contributed by atoms with Crippen LogP contribution < -0.4 is 9.47 Å². The van der Waals surface area contributed by atoms with Gasteiger partial charge in [-0.2, -0.15) is 0 Å². The maximum absolute atomic E-state index is 13.0. The average molecular weight is 354 g/mol. The fraction of sp³-hybridized carbons (Fsp3) is 0.263. The zero-order valence-corrected chi connectivity index (χ0v) is 14.4. The summed E-state index contributed by atoms with van der Waals surface area (Å²) in [6.45, 7) is 0.870. The molecule has 0 N–H and O–H groups in total. The van der Waals surface area contributed by atoms with Crippen molar-refractivity contribution in [3.63, 3.8) is 0 Å². The molecule has 0 saturated carbocycles. The zero-order valence-electron chi connectivity index (χ0n) is 13.6. The van der Waals surface area contributed by atoms with E-state index in [4.69, 9.17) is 9.47 Å². The van der Waals surface area contributed by atoms with Crippen molar-refractivity contribution in [2.45, 2.75) is 12.5 Å². The van der Waals surface area contributed by atoms with E-state index in [2.05, 4.69) is 4.99 Å². The first kappa shape index (κ1) is 16.0. The molecule has 2 aromatic carbocycles. The summed E-state index contributed by atoms with van der Waals surface area (Å²) in [7, 11) is 0. The van der Waals surface area contributed by atoms with E-state index in [1.807, 2.05) is 54.6 Å². The van der Waals surface area contributed by atoms with E-state index >= 15 is 0 Å². The lowest BCUT2D eigenvalue weighted by Gasteiger charge is -2.33. The average Bonchev–Trinajstić information content (AvgIpc) is 2.68. The minimum atomic E-state index is -0.644. The standard InChI is InChI=1S/C19H18N2O3S/c22-18(17-13-23-15-9-4-5-10-16(15)24-17)21-11-6-12-25-19(21)20-14-7-2-1-3-8-14/h1-5,7-10,17H,6,11-13H2/t17-/m0/s1. The Morgan fingerprint density at radius 3 is 2.68 bits per heavy atom. The van der Waals surface area contributed by atoms with Gasteiger partial charge in [0, 0.05) is 12.3 Å². The molecule has 2 aliphatic rings. The van der Waals surface area contributed by atoms with Crippen molar-refractivity contribution in [3.8, 4) is 11.5 Å². The molecule has 0 bridgehead atoms. The van der Waals surface area contributed by atoms with Crippen molar-refractivity contribution < 1.29 is 14.3 Å². The number of carbonyl (C=O) groups excluding carboxylic acids is 1. The quantitative estimate of drug-likeness (QED) is 0.828. The molecule has 0 aliphatic carbocycles. The van der Waals surface area contributed by atoms with Gasteiger partial charge in [-0.1, -0.05) is 42.1 Å². The van der Waals surface area contributed by atoms with Gasteiger partial charge in [0.25, 0.3) is 5.91 Å². The van der Waals surface area contributed by atoms with Crippen LogP contribution in [0.25, 0.3) is 0 Å². The fourth-order valence-electron chi connectivity index (χ4n) is 2.78. The molecule has 1 amide bonds. The number of nitrogens with zero attached hydrogens (tertiary/aromatic N) is 2. The van der Waals surface area contributed by atoms with Gasteiger partial charge in [-0.25, -0.2) is 4.99 Å². The smallest absolute Gasteiger partial charge is 0.273 e. The van der Waals surface area contributed by atoms with Crippen LogP contribution in [0.3, 0.4) is 0 Å². The number of carbonyl (C=O) groups is 1. The summed E-state index contributed by atoms with van der Waals surface area (Å²) in [6.07, 6.45) is 0.295. The van der Waals surface area contributed by atoms with Gasteiger partial charge >= 0.3 is 0 Å². The molecule has 1 fully saturated rings. The van der Waals surface area contributed by atoms with Gasteiger partial charge in [0.1, 0.15) is 6.61 Å². The Balaban J connectivity index is 1.55. The highest BCUT2D eigenvalue weighted by atomic mass is 32.2. The molecule has 1 saturated heterocycles. The zero-order chi connectivity index (χ0) is 17.1. The lowest BCUT2D eigenvalue weighted by Crippen LogP contribution is -2.49. The molecular formula is C19H18N2O3S. The number of aliphatic imine (C=N–C) groups is 1. The Kier molecular flexibility index (Phi) is 4.61. The van der Waals surface area contributed by atoms with Crippen molar-refractivity contribution in [1.82, 2.24) is 4.90 Å². The van der Waals surface area contributed by atoms with Crippen LogP contribution in [0.4, 0.5) is 5.69 Å². The van der Waals surface area contributed by atoms with Gasteiger partial charge in [-0.3, -0.25) is 9.69 Å². The van der Waals surface area contributed by atoms with Crippen molar-refractivity contribution in [2.24, 2.45) is 4.99 Å². The number of ether oxygens (including phenoxy) is 2. The van der Waals surface area contributed by atoms with E-state index in [0.29, 0.717) is 18.0 Å². The van der Waals surface area contributed by atoms with E-state index in [1.54, 1.807) is 16.7 Å². The number of amidine groups is 1.